The minimum absolute atomic E-state index is 0.0835. The molecular weight excluding hydrogens is 232 g/mol. The van der Waals surface area contributed by atoms with Crippen LogP contribution < -0.4 is 0 Å². The van der Waals surface area contributed by atoms with Gasteiger partial charge in [-0.25, -0.2) is 8.42 Å². The summed E-state index contributed by atoms with van der Waals surface area (Å²) in [6, 6.07) is 0. The monoisotopic (exact) mass is 254 g/mol. The van der Waals surface area contributed by atoms with Crippen LogP contribution in [0.5, 0.6) is 0 Å². The van der Waals surface area contributed by atoms with Crippen LogP contribution in [0.3, 0.4) is 0 Å². The van der Waals surface area contributed by atoms with Gasteiger partial charge in [-0.05, 0) is 27.7 Å². The highest BCUT2D eigenvalue weighted by molar-refractivity contribution is 8.01. The molecule has 92 valence electrons. The third kappa shape index (κ3) is 5.22. The lowest BCUT2D eigenvalue weighted by Crippen LogP contribution is -2.31. The summed E-state index contributed by atoms with van der Waals surface area (Å²) in [6.45, 7) is 8.76. The number of sulfone groups is 1. The minimum Gasteiger partial charge on any atom is -0.392 e. The fourth-order valence-electron chi connectivity index (χ4n) is 0.789. The molecule has 1 N–H and O–H groups in total. The van der Waals surface area contributed by atoms with E-state index in [1.54, 1.807) is 27.7 Å². The molecule has 15 heavy (non-hydrogen) atoms. The number of aliphatic hydroxyl groups is 1. The van der Waals surface area contributed by atoms with Gasteiger partial charge in [-0.2, -0.15) is 11.8 Å². The standard InChI is InChI=1S/C10H22O3S2/c1-8(11)9(2)14-6-7-15(12,13)10(3,4)5/h8-9,11H,6-7H2,1-5H3. The van der Waals surface area contributed by atoms with E-state index in [0.29, 0.717) is 5.75 Å². The van der Waals surface area contributed by atoms with Crippen molar-refractivity contribution in [3.8, 4) is 0 Å². The second-order valence-electron chi connectivity index (χ2n) is 4.75. The second kappa shape index (κ2) is 5.55. The van der Waals surface area contributed by atoms with Crippen LogP contribution in [0.2, 0.25) is 0 Å². The van der Waals surface area contributed by atoms with Gasteiger partial charge in [0.2, 0.25) is 0 Å². The van der Waals surface area contributed by atoms with E-state index in [4.69, 9.17) is 0 Å². The molecule has 0 aromatic rings. The highest BCUT2D eigenvalue weighted by atomic mass is 32.2. The van der Waals surface area contributed by atoms with Gasteiger partial charge >= 0.3 is 0 Å². The van der Waals surface area contributed by atoms with Gasteiger partial charge in [-0.15, -0.1) is 0 Å². The highest BCUT2D eigenvalue weighted by Gasteiger charge is 2.28. The molecule has 2 atom stereocenters. The fraction of sp³-hybridized carbons (Fsp3) is 1.00. The quantitative estimate of drug-likeness (QED) is 0.811. The second-order valence-corrected chi connectivity index (χ2v) is 9.10. The first-order valence-electron chi connectivity index (χ1n) is 5.10. The molecule has 0 rings (SSSR count). The Hall–Kier alpha value is 0.260. The molecule has 0 aliphatic carbocycles. The summed E-state index contributed by atoms with van der Waals surface area (Å²) in [5, 5.41) is 9.32. The van der Waals surface area contributed by atoms with E-state index in [2.05, 4.69) is 0 Å². The van der Waals surface area contributed by atoms with Crippen LogP contribution in [0.1, 0.15) is 34.6 Å². The maximum Gasteiger partial charge on any atom is 0.155 e. The number of rotatable bonds is 5. The summed E-state index contributed by atoms with van der Waals surface area (Å²) in [7, 11) is -3.02. The van der Waals surface area contributed by atoms with Crippen LogP contribution in [-0.2, 0) is 9.84 Å². The molecule has 0 saturated carbocycles. The van der Waals surface area contributed by atoms with Crippen molar-refractivity contribution in [2.75, 3.05) is 11.5 Å². The summed E-state index contributed by atoms with van der Waals surface area (Å²) in [6.07, 6.45) is -0.396. The molecule has 0 spiro atoms. The molecule has 3 nitrogen and oxygen atoms in total. The van der Waals surface area contributed by atoms with Gasteiger partial charge in [0.15, 0.2) is 9.84 Å². The zero-order chi connectivity index (χ0) is 12.3. The Bertz CT molecular complexity index is 276. The molecule has 0 saturated heterocycles. The van der Waals surface area contributed by atoms with Crippen molar-refractivity contribution >= 4 is 21.6 Å². The number of aliphatic hydroxyl groups excluding tert-OH is 1. The average Bonchev–Trinajstić information content (AvgIpc) is 2.01. The molecule has 0 aliphatic heterocycles. The van der Waals surface area contributed by atoms with E-state index in [9.17, 15) is 13.5 Å². The predicted molar refractivity (Wildman–Crippen MR) is 67.1 cm³/mol. The van der Waals surface area contributed by atoms with Crippen LogP contribution >= 0.6 is 11.8 Å². The van der Waals surface area contributed by atoms with E-state index < -0.39 is 20.7 Å². The zero-order valence-electron chi connectivity index (χ0n) is 10.1. The van der Waals surface area contributed by atoms with E-state index >= 15 is 0 Å². The van der Waals surface area contributed by atoms with Crippen LogP contribution in [0.25, 0.3) is 0 Å². The van der Waals surface area contributed by atoms with Gasteiger partial charge in [0.05, 0.1) is 16.6 Å². The van der Waals surface area contributed by atoms with Crippen molar-refractivity contribution in [3.05, 3.63) is 0 Å². The summed E-state index contributed by atoms with van der Waals surface area (Å²) < 4.78 is 22.8. The first kappa shape index (κ1) is 15.3. The minimum atomic E-state index is -3.02. The molecule has 5 heteroatoms. The Morgan fingerprint density at radius 2 is 1.73 bits per heavy atom. The Morgan fingerprint density at radius 1 is 1.27 bits per heavy atom. The van der Waals surface area contributed by atoms with Gasteiger partial charge in [-0.1, -0.05) is 6.92 Å². The largest absolute Gasteiger partial charge is 0.392 e. The summed E-state index contributed by atoms with van der Waals surface area (Å²) in [4.78, 5) is 0. The van der Waals surface area contributed by atoms with E-state index in [1.165, 1.54) is 11.8 Å². The van der Waals surface area contributed by atoms with Crippen LogP contribution in [0, 0.1) is 0 Å². The topological polar surface area (TPSA) is 54.4 Å². The van der Waals surface area contributed by atoms with Crippen molar-refractivity contribution in [2.24, 2.45) is 0 Å². The zero-order valence-corrected chi connectivity index (χ0v) is 11.8. The van der Waals surface area contributed by atoms with E-state index in [1.807, 2.05) is 6.92 Å². The smallest absolute Gasteiger partial charge is 0.155 e. The molecule has 0 heterocycles. The van der Waals surface area contributed by atoms with Crippen molar-refractivity contribution < 1.29 is 13.5 Å². The molecule has 0 aromatic heterocycles. The lowest BCUT2D eigenvalue weighted by molar-refractivity contribution is 0.196. The number of hydrogen-bond donors (Lipinski definition) is 1. The van der Waals surface area contributed by atoms with Gasteiger partial charge in [-0.3, -0.25) is 0 Å². The van der Waals surface area contributed by atoms with Gasteiger partial charge in [0, 0.05) is 11.0 Å². The maximum absolute atomic E-state index is 11.7. The van der Waals surface area contributed by atoms with E-state index in [-0.39, 0.29) is 11.0 Å². The maximum atomic E-state index is 11.7. The third-order valence-electron chi connectivity index (χ3n) is 2.35. The normalized spacial score (nSPS) is 17.5. The van der Waals surface area contributed by atoms with Crippen LogP contribution in [-0.4, -0.2) is 41.1 Å². The third-order valence-corrected chi connectivity index (χ3v) is 6.57. The molecule has 0 aliphatic rings. The first-order chi connectivity index (χ1) is 6.58. The molecule has 2 unspecified atom stereocenters. The average molecular weight is 254 g/mol. The molecule has 0 aromatic carbocycles. The molecule has 0 bridgehead atoms. The number of thioether (sulfide) groups is 1. The Balaban J connectivity index is 4.09. The lowest BCUT2D eigenvalue weighted by Gasteiger charge is -2.20. The Labute approximate surface area is 97.6 Å². The Kier molecular flexibility index (Phi) is 5.64. The predicted octanol–water partition coefficient (Wildman–Crippen LogP) is 1.70. The molecule has 0 amide bonds. The molecular formula is C10H22O3S2. The van der Waals surface area contributed by atoms with Crippen molar-refractivity contribution in [1.82, 2.24) is 0 Å². The lowest BCUT2D eigenvalue weighted by atomic mass is 10.3. The van der Waals surface area contributed by atoms with E-state index in [0.717, 1.165) is 0 Å². The van der Waals surface area contributed by atoms with Crippen LogP contribution in [0.15, 0.2) is 0 Å². The van der Waals surface area contributed by atoms with Crippen LogP contribution in [0.4, 0.5) is 0 Å². The van der Waals surface area contributed by atoms with Crippen molar-refractivity contribution in [3.63, 3.8) is 0 Å². The van der Waals surface area contributed by atoms with Crippen molar-refractivity contribution in [2.45, 2.75) is 50.7 Å². The first-order valence-corrected chi connectivity index (χ1v) is 7.80. The molecule has 0 fully saturated rings. The number of hydrogen-bond acceptors (Lipinski definition) is 4. The summed E-state index contributed by atoms with van der Waals surface area (Å²) in [5.74, 6) is 0.726. The fourth-order valence-corrected chi connectivity index (χ4v) is 3.31. The Morgan fingerprint density at radius 3 is 2.07 bits per heavy atom. The van der Waals surface area contributed by atoms with Gasteiger partial charge < -0.3 is 5.11 Å². The highest BCUT2D eigenvalue weighted by Crippen LogP contribution is 2.20. The summed E-state index contributed by atoms with van der Waals surface area (Å²) >= 11 is 1.50. The SMILES string of the molecule is CC(O)C(C)SCCS(=O)(=O)C(C)(C)C. The van der Waals surface area contributed by atoms with Gasteiger partial charge in [0.25, 0.3) is 0 Å². The van der Waals surface area contributed by atoms with Gasteiger partial charge in [0.1, 0.15) is 0 Å². The molecule has 0 radical (unpaired) electrons. The van der Waals surface area contributed by atoms with Crippen molar-refractivity contribution in [1.29, 1.82) is 0 Å². The summed E-state index contributed by atoms with van der Waals surface area (Å²) in [5.41, 5.74) is 0.